The molecule has 2 aliphatic rings. The molecule has 1 aromatic rings. The molecule has 1 aliphatic carbocycles. The standard InChI is InChI=1S/C22H33NO3/c1-21(2,3)26-16-13-20(24)23-15-14-22(25,17-9-5-4-6-10-17)18-11-7-8-12-19(18)23/h4-6,9-10,18-19,25H,7-8,11-16H2,1-3H3/t18-,19+,22?/m1/s1. The lowest BCUT2D eigenvalue weighted by Crippen LogP contribution is -2.59. The molecule has 1 N–H and O–H groups in total. The SMILES string of the molecule is CC(C)(C)OCCC(=O)N1CCC(O)(c2ccccc2)[C@@H]2CCCC[C@@H]21. The molecule has 1 aromatic carbocycles. The van der Waals surface area contributed by atoms with Crippen molar-refractivity contribution in [3.8, 4) is 0 Å². The first-order valence-electron chi connectivity index (χ1n) is 10.0. The molecule has 26 heavy (non-hydrogen) atoms. The molecule has 4 nitrogen and oxygen atoms in total. The van der Waals surface area contributed by atoms with Gasteiger partial charge < -0.3 is 14.7 Å². The third-order valence-corrected chi connectivity index (χ3v) is 5.92. The summed E-state index contributed by atoms with van der Waals surface area (Å²) >= 11 is 0. The molecule has 1 heterocycles. The molecule has 4 heteroatoms. The van der Waals surface area contributed by atoms with Gasteiger partial charge in [0.2, 0.25) is 5.91 Å². The highest BCUT2D eigenvalue weighted by molar-refractivity contribution is 5.77. The lowest BCUT2D eigenvalue weighted by molar-refractivity contribution is -0.156. The van der Waals surface area contributed by atoms with Crippen LogP contribution in [-0.2, 0) is 15.1 Å². The summed E-state index contributed by atoms with van der Waals surface area (Å²) in [7, 11) is 0. The van der Waals surface area contributed by atoms with Crippen LogP contribution in [0.4, 0.5) is 0 Å². The largest absolute Gasteiger partial charge is 0.385 e. The van der Waals surface area contributed by atoms with Crippen molar-refractivity contribution < 1.29 is 14.6 Å². The first-order valence-corrected chi connectivity index (χ1v) is 10.0. The maximum absolute atomic E-state index is 12.9. The summed E-state index contributed by atoms with van der Waals surface area (Å²) in [6, 6.07) is 10.2. The number of hydrogen-bond acceptors (Lipinski definition) is 3. The van der Waals surface area contributed by atoms with Gasteiger partial charge in [-0.2, -0.15) is 0 Å². The van der Waals surface area contributed by atoms with Crippen LogP contribution in [0.15, 0.2) is 30.3 Å². The Hall–Kier alpha value is -1.39. The summed E-state index contributed by atoms with van der Waals surface area (Å²) in [4.78, 5) is 14.9. The Labute approximate surface area is 157 Å². The zero-order valence-corrected chi connectivity index (χ0v) is 16.4. The van der Waals surface area contributed by atoms with E-state index in [-0.39, 0.29) is 23.5 Å². The minimum atomic E-state index is -0.814. The molecule has 3 rings (SSSR count). The Morgan fingerprint density at radius 2 is 1.92 bits per heavy atom. The van der Waals surface area contributed by atoms with Crippen molar-refractivity contribution in [2.45, 2.75) is 76.5 Å². The number of likely N-dealkylation sites (tertiary alicyclic amines) is 1. The second-order valence-electron chi connectivity index (χ2n) is 8.80. The number of nitrogens with zero attached hydrogens (tertiary/aromatic N) is 1. The highest BCUT2D eigenvalue weighted by Gasteiger charge is 2.50. The van der Waals surface area contributed by atoms with E-state index in [2.05, 4.69) is 0 Å². The van der Waals surface area contributed by atoms with Crippen molar-refractivity contribution in [2.24, 2.45) is 5.92 Å². The molecule has 1 saturated carbocycles. The molecule has 1 saturated heterocycles. The third kappa shape index (κ3) is 4.12. The predicted molar refractivity (Wildman–Crippen MR) is 103 cm³/mol. The van der Waals surface area contributed by atoms with Gasteiger partial charge in [0.05, 0.1) is 24.2 Å². The molecule has 0 radical (unpaired) electrons. The summed E-state index contributed by atoms with van der Waals surface area (Å²) in [6.45, 7) is 7.11. The van der Waals surface area contributed by atoms with Crippen molar-refractivity contribution in [1.82, 2.24) is 4.90 Å². The maximum Gasteiger partial charge on any atom is 0.225 e. The molecule has 144 valence electrons. The van der Waals surface area contributed by atoms with E-state index in [4.69, 9.17) is 4.74 Å². The Balaban J connectivity index is 1.73. The van der Waals surface area contributed by atoms with Gasteiger partial charge in [-0.1, -0.05) is 43.2 Å². The average molecular weight is 360 g/mol. The minimum absolute atomic E-state index is 0.125. The summed E-state index contributed by atoms with van der Waals surface area (Å²) in [5.41, 5.74) is -0.0335. The third-order valence-electron chi connectivity index (χ3n) is 5.92. The summed E-state index contributed by atoms with van der Waals surface area (Å²) in [5.74, 6) is 0.293. The van der Waals surface area contributed by atoms with Gasteiger partial charge in [0.1, 0.15) is 0 Å². The van der Waals surface area contributed by atoms with Crippen LogP contribution in [0.1, 0.15) is 64.9 Å². The van der Waals surface area contributed by atoms with Gasteiger partial charge in [0.25, 0.3) is 0 Å². The number of carbonyl (C=O) groups is 1. The number of amides is 1. The lowest BCUT2D eigenvalue weighted by Gasteiger charge is -2.52. The Bertz CT molecular complexity index is 610. The zero-order chi connectivity index (χ0) is 18.8. The molecular weight excluding hydrogens is 326 g/mol. The van der Waals surface area contributed by atoms with Gasteiger partial charge in [-0.15, -0.1) is 0 Å². The first-order chi connectivity index (χ1) is 12.3. The van der Waals surface area contributed by atoms with Crippen LogP contribution in [0.25, 0.3) is 0 Å². The van der Waals surface area contributed by atoms with E-state index >= 15 is 0 Å². The molecule has 0 bridgehead atoms. The van der Waals surface area contributed by atoms with E-state index in [0.717, 1.165) is 31.2 Å². The van der Waals surface area contributed by atoms with Crippen LogP contribution in [0.3, 0.4) is 0 Å². The van der Waals surface area contributed by atoms with Crippen molar-refractivity contribution in [2.75, 3.05) is 13.2 Å². The van der Waals surface area contributed by atoms with Crippen LogP contribution in [0.5, 0.6) is 0 Å². The lowest BCUT2D eigenvalue weighted by atomic mass is 9.66. The van der Waals surface area contributed by atoms with Crippen LogP contribution in [0, 0.1) is 5.92 Å². The fourth-order valence-electron chi connectivity index (χ4n) is 4.67. The molecule has 0 spiro atoms. The number of carbonyl (C=O) groups excluding carboxylic acids is 1. The summed E-state index contributed by atoms with van der Waals surface area (Å²) in [5, 5.41) is 11.6. The van der Waals surface area contributed by atoms with Gasteiger partial charge in [-0.05, 0) is 45.6 Å². The fraction of sp³-hybridized carbons (Fsp3) is 0.682. The normalized spacial score (nSPS) is 29.3. The number of aliphatic hydroxyl groups is 1. The van der Waals surface area contributed by atoms with Crippen molar-refractivity contribution in [3.05, 3.63) is 35.9 Å². The van der Waals surface area contributed by atoms with Crippen LogP contribution in [0.2, 0.25) is 0 Å². The number of rotatable bonds is 4. The van der Waals surface area contributed by atoms with E-state index in [9.17, 15) is 9.90 Å². The smallest absolute Gasteiger partial charge is 0.225 e. The number of ether oxygens (including phenoxy) is 1. The Morgan fingerprint density at radius 1 is 1.23 bits per heavy atom. The first kappa shape index (κ1) is 19.4. The second kappa shape index (κ2) is 7.69. The molecule has 2 fully saturated rings. The quantitative estimate of drug-likeness (QED) is 0.888. The van der Waals surface area contributed by atoms with Crippen molar-refractivity contribution in [3.63, 3.8) is 0 Å². The number of piperidine rings is 1. The molecule has 1 amide bonds. The second-order valence-corrected chi connectivity index (χ2v) is 8.80. The van der Waals surface area contributed by atoms with E-state index in [0.29, 0.717) is 26.0 Å². The van der Waals surface area contributed by atoms with Crippen LogP contribution >= 0.6 is 0 Å². The zero-order valence-electron chi connectivity index (χ0n) is 16.4. The van der Waals surface area contributed by atoms with E-state index in [1.807, 2.05) is 56.0 Å². The van der Waals surface area contributed by atoms with E-state index < -0.39 is 5.60 Å². The Morgan fingerprint density at radius 3 is 2.62 bits per heavy atom. The maximum atomic E-state index is 12.9. The van der Waals surface area contributed by atoms with Gasteiger partial charge >= 0.3 is 0 Å². The predicted octanol–water partition coefficient (Wildman–Crippen LogP) is 3.87. The molecule has 0 aromatic heterocycles. The summed E-state index contributed by atoms with van der Waals surface area (Å²) < 4.78 is 5.74. The monoisotopic (exact) mass is 359 g/mol. The minimum Gasteiger partial charge on any atom is -0.385 e. The highest BCUT2D eigenvalue weighted by atomic mass is 16.5. The molecule has 1 aliphatic heterocycles. The fourth-order valence-corrected chi connectivity index (χ4v) is 4.67. The van der Waals surface area contributed by atoms with Gasteiger partial charge in [-0.3, -0.25) is 4.79 Å². The van der Waals surface area contributed by atoms with E-state index in [1.54, 1.807) is 0 Å². The number of benzene rings is 1. The number of fused-ring (bicyclic) bond motifs is 1. The van der Waals surface area contributed by atoms with Crippen molar-refractivity contribution >= 4 is 5.91 Å². The van der Waals surface area contributed by atoms with E-state index in [1.165, 1.54) is 0 Å². The van der Waals surface area contributed by atoms with Crippen LogP contribution in [-0.4, -0.2) is 40.7 Å². The molecule has 3 atom stereocenters. The van der Waals surface area contributed by atoms with Gasteiger partial charge in [0, 0.05) is 18.5 Å². The van der Waals surface area contributed by atoms with Gasteiger partial charge in [-0.25, -0.2) is 0 Å². The summed E-state index contributed by atoms with van der Waals surface area (Å²) in [6.07, 6.45) is 5.28. The topological polar surface area (TPSA) is 49.8 Å². The van der Waals surface area contributed by atoms with Crippen molar-refractivity contribution in [1.29, 1.82) is 0 Å². The molecular formula is C22H33NO3. The van der Waals surface area contributed by atoms with Crippen LogP contribution < -0.4 is 0 Å². The van der Waals surface area contributed by atoms with Gasteiger partial charge in [0.15, 0.2) is 0 Å². The average Bonchev–Trinajstić information content (AvgIpc) is 2.62. The number of hydrogen-bond donors (Lipinski definition) is 1. The highest BCUT2D eigenvalue weighted by Crippen LogP contribution is 2.47. The molecule has 1 unspecified atom stereocenters. The Kier molecular flexibility index (Phi) is 5.73.